The second-order valence-corrected chi connectivity index (χ2v) is 7.91. The Morgan fingerprint density at radius 2 is 1.73 bits per heavy atom. The van der Waals surface area contributed by atoms with E-state index in [1.807, 2.05) is 69.7 Å². The zero-order valence-electron chi connectivity index (χ0n) is 18.1. The molecule has 2 aromatic carbocycles. The number of carbonyl (C=O) groups is 1. The standard InChI is InChI=1S/C24H30N3O2.ClH/c1-5-26(19-21-9-7-6-8-10-21)23-13-11-20(12-14-23)17-22(18-25)24(28)29-16-15-27(2,3)4;/h6-14,17H,5,15-16,19H2,1-4H3;1H/q+1;/p-1. The molecular formula is C24H30ClN3O2. The number of rotatable bonds is 9. The topological polar surface area (TPSA) is 53.3 Å². The molecule has 0 unspecified atom stereocenters. The summed E-state index contributed by atoms with van der Waals surface area (Å²) in [6.45, 7) is 4.80. The summed E-state index contributed by atoms with van der Waals surface area (Å²) in [5.74, 6) is -0.579. The second-order valence-electron chi connectivity index (χ2n) is 7.91. The maximum Gasteiger partial charge on any atom is 0.349 e. The molecule has 0 fully saturated rings. The average Bonchev–Trinajstić information content (AvgIpc) is 2.70. The smallest absolute Gasteiger partial charge is 0.349 e. The fourth-order valence-corrected chi connectivity index (χ4v) is 2.76. The number of quaternary nitrogens is 1. The Hall–Kier alpha value is -2.81. The molecule has 0 saturated carbocycles. The molecule has 0 aromatic heterocycles. The molecule has 0 aliphatic heterocycles. The van der Waals surface area contributed by atoms with Crippen LogP contribution < -0.4 is 17.3 Å². The van der Waals surface area contributed by atoms with Gasteiger partial charge in [-0.1, -0.05) is 42.5 Å². The normalized spacial score (nSPS) is 11.2. The number of nitrogens with zero attached hydrogens (tertiary/aromatic N) is 3. The zero-order chi connectivity index (χ0) is 21.3. The predicted molar refractivity (Wildman–Crippen MR) is 117 cm³/mol. The average molecular weight is 428 g/mol. The first-order valence-electron chi connectivity index (χ1n) is 9.80. The highest BCUT2D eigenvalue weighted by molar-refractivity contribution is 5.97. The molecule has 2 rings (SSSR count). The molecule has 30 heavy (non-hydrogen) atoms. The van der Waals surface area contributed by atoms with Gasteiger partial charge >= 0.3 is 5.97 Å². The van der Waals surface area contributed by atoms with Crippen molar-refractivity contribution in [2.75, 3.05) is 45.7 Å². The number of carbonyl (C=O) groups excluding carboxylic acids is 1. The Morgan fingerprint density at radius 3 is 2.27 bits per heavy atom. The van der Waals surface area contributed by atoms with E-state index in [4.69, 9.17) is 4.74 Å². The lowest BCUT2D eigenvalue weighted by Gasteiger charge is -2.23. The molecule has 0 bridgehead atoms. The van der Waals surface area contributed by atoms with E-state index in [1.54, 1.807) is 6.08 Å². The van der Waals surface area contributed by atoms with Gasteiger partial charge in [0.15, 0.2) is 0 Å². The number of halogens is 1. The summed E-state index contributed by atoms with van der Waals surface area (Å²) in [4.78, 5) is 14.4. The van der Waals surface area contributed by atoms with Gasteiger partial charge in [0.05, 0.1) is 21.1 Å². The summed E-state index contributed by atoms with van der Waals surface area (Å²) >= 11 is 0. The van der Waals surface area contributed by atoms with Crippen LogP contribution in [0.5, 0.6) is 0 Å². The predicted octanol–water partition coefficient (Wildman–Crippen LogP) is 0.873. The molecule has 0 aliphatic rings. The van der Waals surface area contributed by atoms with Crippen molar-refractivity contribution in [3.8, 4) is 6.07 Å². The highest BCUT2D eigenvalue weighted by atomic mass is 35.5. The lowest BCUT2D eigenvalue weighted by atomic mass is 10.1. The Balaban J connectivity index is 0.00000450. The first kappa shape index (κ1) is 25.2. The fourth-order valence-electron chi connectivity index (χ4n) is 2.76. The van der Waals surface area contributed by atoms with Crippen LogP contribution in [0.4, 0.5) is 5.69 Å². The summed E-state index contributed by atoms with van der Waals surface area (Å²) in [7, 11) is 6.06. The van der Waals surface area contributed by atoms with E-state index in [0.29, 0.717) is 11.0 Å². The zero-order valence-corrected chi connectivity index (χ0v) is 18.9. The maximum atomic E-state index is 12.2. The maximum absolute atomic E-state index is 12.2. The van der Waals surface area contributed by atoms with Gasteiger partial charge < -0.3 is 26.5 Å². The van der Waals surface area contributed by atoms with Gasteiger partial charge in [-0.05, 0) is 36.3 Å². The van der Waals surface area contributed by atoms with Crippen LogP contribution in [0.2, 0.25) is 0 Å². The number of benzene rings is 2. The molecule has 0 spiro atoms. The first-order chi connectivity index (χ1) is 13.8. The summed E-state index contributed by atoms with van der Waals surface area (Å²) in [6, 6.07) is 20.1. The van der Waals surface area contributed by atoms with Crippen molar-refractivity contribution in [1.82, 2.24) is 0 Å². The lowest BCUT2D eigenvalue weighted by Crippen LogP contribution is -3.00. The number of ether oxygens (including phenoxy) is 1. The van der Waals surface area contributed by atoms with E-state index in [9.17, 15) is 10.1 Å². The summed E-state index contributed by atoms with van der Waals surface area (Å²) in [6.07, 6.45) is 1.57. The fraction of sp³-hybridized carbons (Fsp3) is 0.333. The van der Waals surface area contributed by atoms with Gasteiger partial charge in [0.1, 0.15) is 24.8 Å². The second kappa shape index (κ2) is 12.0. The summed E-state index contributed by atoms with van der Waals surface area (Å²) in [5, 5.41) is 9.33. The minimum Gasteiger partial charge on any atom is -1.00 e. The van der Waals surface area contributed by atoms with Gasteiger partial charge in [0, 0.05) is 18.8 Å². The molecule has 0 radical (unpaired) electrons. The monoisotopic (exact) mass is 427 g/mol. The molecular weight excluding hydrogens is 398 g/mol. The minimum absolute atomic E-state index is 0. The molecule has 0 heterocycles. The van der Waals surface area contributed by atoms with E-state index in [0.717, 1.165) is 24.3 Å². The highest BCUT2D eigenvalue weighted by Gasteiger charge is 2.14. The Morgan fingerprint density at radius 1 is 1.10 bits per heavy atom. The largest absolute Gasteiger partial charge is 1.00 e. The lowest BCUT2D eigenvalue weighted by molar-refractivity contribution is -0.870. The van der Waals surface area contributed by atoms with Gasteiger partial charge in [-0.2, -0.15) is 5.26 Å². The number of anilines is 1. The molecule has 0 saturated heterocycles. The van der Waals surface area contributed by atoms with E-state index < -0.39 is 5.97 Å². The number of hydrogen-bond acceptors (Lipinski definition) is 4. The van der Waals surface area contributed by atoms with Crippen LogP contribution in [0.1, 0.15) is 18.1 Å². The minimum atomic E-state index is -0.579. The molecule has 5 nitrogen and oxygen atoms in total. The van der Waals surface area contributed by atoms with Crippen LogP contribution in [0, 0.1) is 11.3 Å². The van der Waals surface area contributed by atoms with Crippen molar-refractivity contribution < 1.29 is 26.4 Å². The number of likely N-dealkylation sites (N-methyl/N-ethyl adjacent to an activating group) is 1. The molecule has 2 aromatic rings. The van der Waals surface area contributed by atoms with Crippen molar-refractivity contribution in [2.45, 2.75) is 13.5 Å². The van der Waals surface area contributed by atoms with Crippen molar-refractivity contribution in [3.05, 3.63) is 71.3 Å². The van der Waals surface area contributed by atoms with Gasteiger partial charge in [0.25, 0.3) is 0 Å². The van der Waals surface area contributed by atoms with Crippen molar-refractivity contribution in [3.63, 3.8) is 0 Å². The SMILES string of the molecule is CCN(Cc1ccccc1)c1ccc(C=C(C#N)C(=O)OCC[N+](C)(C)C)cc1.[Cl-]. The molecule has 0 N–H and O–H groups in total. The van der Waals surface area contributed by atoms with E-state index in [1.165, 1.54) is 5.56 Å². The summed E-state index contributed by atoms with van der Waals surface area (Å²) < 4.78 is 5.93. The molecule has 6 heteroatoms. The molecule has 160 valence electrons. The first-order valence-corrected chi connectivity index (χ1v) is 9.80. The third kappa shape index (κ3) is 8.28. The quantitative estimate of drug-likeness (QED) is 0.258. The third-order valence-electron chi connectivity index (χ3n) is 4.50. The van der Waals surface area contributed by atoms with Crippen LogP contribution in [-0.4, -0.2) is 51.3 Å². The highest BCUT2D eigenvalue weighted by Crippen LogP contribution is 2.19. The molecule has 0 aliphatic carbocycles. The van der Waals surface area contributed by atoms with Gasteiger partial charge in [-0.25, -0.2) is 4.79 Å². The van der Waals surface area contributed by atoms with Gasteiger partial charge in [-0.3, -0.25) is 0 Å². The Labute approximate surface area is 186 Å². The third-order valence-corrected chi connectivity index (χ3v) is 4.50. The van der Waals surface area contributed by atoms with Crippen molar-refractivity contribution in [2.24, 2.45) is 0 Å². The van der Waals surface area contributed by atoms with Crippen LogP contribution in [0.3, 0.4) is 0 Å². The van der Waals surface area contributed by atoms with Crippen LogP contribution in [-0.2, 0) is 16.1 Å². The number of hydrogen-bond donors (Lipinski definition) is 0. The van der Waals surface area contributed by atoms with Crippen LogP contribution >= 0.6 is 0 Å². The van der Waals surface area contributed by atoms with Gasteiger partial charge in [0.2, 0.25) is 0 Å². The number of nitriles is 1. The van der Waals surface area contributed by atoms with Crippen molar-refractivity contribution >= 4 is 17.7 Å². The van der Waals surface area contributed by atoms with E-state index >= 15 is 0 Å². The Kier molecular flexibility index (Phi) is 10.1. The van der Waals surface area contributed by atoms with Crippen LogP contribution in [0.15, 0.2) is 60.2 Å². The molecule has 0 amide bonds. The van der Waals surface area contributed by atoms with E-state index in [2.05, 4.69) is 24.0 Å². The van der Waals surface area contributed by atoms with Crippen molar-refractivity contribution in [1.29, 1.82) is 5.26 Å². The van der Waals surface area contributed by atoms with E-state index in [-0.39, 0.29) is 24.6 Å². The summed E-state index contributed by atoms with van der Waals surface area (Å²) in [5.41, 5.74) is 3.15. The van der Waals surface area contributed by atoms with Gasteiger partial charge in [-0.15, -0.1) is 0 Å². The van der Waals surface area contributed by atoms with Crippen LogP contribution in [0.25, 0.3) is 6.08 Å². The number of esters is 1. The molecule has 0 atom stereocenters. The Bertz CT molecular complexity index is 866.